The molecule has 0 aliphatic rings. The van der Waals surface area contributed by atoms with E-state index in [1.807, 2.05) is 14.1 Å². The zero-order valence-corrected chi connectivity index (χ0v) is 8.04. The molecule has 0 aromatic heterocycles. The first-order valence-electron chi connectivity index (χ1n) is 3.05. The molecular weight excluding hydrogens is 196 g/mol. The van der Waals surface area contributed by atoms with Crippen molar-refractivity contribution in [2.45, 2.75) is 6.92 Å². The Labute approximate surface area is 78.2 Å². The molecule has 0 bridgehead atoms. The largest absolute Gasteiger partial charge is 0.481 e. The number of carboxylic acids is 1. The van der Waals surface area contributed by atoms with Crippen LogP contribution < -0.4 is 5.73 Å². The maximum absolute atomic E-state index is 9.00. The number of carbonyl (C=O) groups is 1. The third-order valence-corrected chi connectivity index (χ3v) is 0.576. The predicted molar refractivity (Wildman–Crippen MR) is 40.9 cm³/mol. The second-order valence-corrected chi connectivity index (χ2v) is 2.11. The van der Waals surface area contributed by atoms with Gasteiger partial charge in [0, 0.05) is 37.1 Å². The quantitative estimate of drug-likeness (QED) is 0.610. The number of nitrogens with zero attached hydrogens (tertiary/aromatic N) is 1. The molecule has 0 heterocycles. The van der Waals surface area contributed by atoms with Gasteiger partial charge in [-0.05, 0) is 14.1 Å². The molecule has 1 radical (unpaired) electrons. The molecule has 0 saturated carbocycles. The summed E-state index contributed by atoms with van der Waals surface area (Å²) in [5.74, 6) is -0.833. The van der Waals surface area contributed by atoms with Crippen LogP contribution in [0.4, 0.5) is 0 Å². The first-order chi connectivity index (χ1) is 4.50. The number of rotatable bonds is 2. The third-order valence-electron chi connectivity index (χ3n) is 0.576. The van der Waals surface area contributed by atoms with E-state index in [1.165, 1.54) is 0 Å². The van der Waals surface area contributed by atoms with Crippen LogP contribution in [0.3, 0.4) is 0 Å². The Kier molecular flexibility index (Phi) is 19.6. The fourth-order valence-electron chi connectivity index (χ4n) is 0.258. The molecule has 5 heteroatoms. The van der Waals surface area contributed by atoms with Gasteiger partial charge in [-0.3, -0.25) is 4.79 Å². The number of likely N-dealkylation sites (N-methyl/N-ethyl adjacent to an activating group) is 1. The Hall–Kier alpha value is -0.0905. The van der Waals surface area contributed by atoms with Gasteiger partial charge in [-0.1, -0.05) is 0 Å². The van der Waals surface area contributed by atoms with Crippen LogP contribution in [0.2, 0.25) is 0 Å². The van der Waals surface area contributed by atoms with E-state index in [0.717, 1.165) is 20.0 Å². The summed E-state index contributed by atoms with van der Waals surface area (Å²) in [7, 11) is 4.01. The number of hydrogen-bond donors (Lipinski definition) is 2. The van der Waals surface area contributed by atoms with Crippen LogP contribution in [0.1, 0.15) is 6.92 Å². The summed E-state index contributed by atoms with van der Waals surface area (Å²) in [4.78, 5) is 11.1. The fourth-order valence-corrected chi connectivity index (χ4v) is 0.258. The SMILES string of the molecule is CC(=O)O.CN(C)CCN.[Cu]. The van der Waals surface area contributed by atoms with E-state index < -0.39 is 5.97 Å². The molecule has 0 aromatic carbocycles. The van der Waals surface area contributed by atoms with Gasteiger partial charge in [-0.15, -0.1) is 0 Å². The molecule has 11 heavy (non-hydrogen) atoms. The van der Waals surface area contributed by atoms with Crippen molar-refractivity contribution >= 4 is 5.97 Å². The van der Waals surface area contributed by atoms with Gasteiger partial charge in [0.15, 0.2) is 0 Å². The third kappa shape index (κ3) is 73.2. The molecule has 0 amide bonds. The molecule has 0 rings (SSSR count). The van der Waals surface area contributed by atoms with Crippen LogP contribution in [0.15, 0.2) is 0 Å². The second kappa shape index (κ2) is 12.6. The van der Waals surface area contributed by atoms with Crippen molar-refractivity contribution in [2.75, 3.05) is 27.2 Å². The standard InChI is InChI=1S/C4H12N2.C2H4O2.Cu/c1-6(2)4-3-5;1-2(3)4;/h3-5H2,1-2H3;1H3,(H,3,4);. The summed E-state index contributed by atoms with van der Waals surface area (Å²) in [5, 5.41) is 7.42. The van der Waals surface area contributed by atoms with Gasteiger partial charge in [-0.2, -0.15) is 0 Å². The minimum atomic E-state index is -0.833. The molecule has 0 spiro atoms. The molecule has 0 aromatic rings. The van der Waals surface area contributed by atoms with Gasteiger partial charge in [0.1, 0.15) is 0 Å². The van der Waals surface area contributed by atoms with Gasteiger partial charge in [-0.25, -0.2) is 0 Å². The van der Waals surface area contributed by atoms with Crippen LogP contribution in [-0.2, 0) is 21.9 Å². The van der Waals surface area contributed by atoms with Gasteiger partial charge < -0.3 is 15.7 Å². The predicted octanol–water partition coefficient (Wildman–Crippen LogP) is -0.405. The van der Waals surface area contributed by atoms with E-state index in [9.17, 15) is 0 Å². The molecule has 0 aliphatic heterocycles. The van der Waals surface area contributed by atoms with Crippen molar-refractivity contribution in [1.82, 2.24) is 4.90 Å². The first-order valence-corrected chi connectivity index (χ1v) is 3.05. The van der Waals surface area contributed by atoms with Gasteiger partial charge in [0.25, 0.3) is 5.97 Å². The van der Waals surface area contributed by atoms with Crippen LogP contribution >= 0.6 is 0 Å². The summed E-state index contributed by atoms with van der Waals surface area (Å²) in [6, 6.07) is 0. The van der Waals surface area contributed by atoms with E-state index in [-0.39, 0.29) is 17.1 Å². The van der Waals surface area contributed by atoms with Crippen molar-refractivity contribution in [2.24, 2.45) is 5.73 Å². The van der Waals surface area contributed by atoms with Crippen LogP contribution in [0.5, 0.6) is 0 Å². The topological polar surface area (TPSA) is 66.6 Å². The summed E-state index contributed by atoms with van der Waals surface area (Å²) >= 11 is 0. The maximum atomic E-state index is 9.00. The van der Waals surface area contributed by atoms with Gasteiger partial charge >= 0.3 is 0 Å². The Morgan fingerprint density at radius 1 is 1.55 bits per heavy atom. The van der Waals surface area contributed by atoms with Crippen LogP contribution in [-0.4, -0.2) is 43.2 Å². The molecule has 0 unspecified atom stereocenters. The number of nitrogens with two attached hydrogens (primary N) is 1. The summed E-state index contributed by atoms with van der Waals surface area (Å²) in [6.45, 7) is 2.83. The Balaban J connectivity index is -0.000000114. The minimum absolute atomic E-state index is 0. The number of carboxylic acid groups (broad SMARTS) is 1. The van der Waals surface area contributed by atoms with E-state index in [0.29, 0.717) is 0 Å². The Bertz CT molecular complexity index is 84.7. The average molecular weight is 212 g/mol. The fraction of sp³-hybridized carbons (Fsp3) is 0.833. The molecule has 0 aliphatic carbocycles. The molecule has 4 nitrogen and oxygen atoms in total. The number of aliphatic carboxylic acids is 1. The van der Waals surface area contributed by atoms with E-state index in [4.69, 9.17) is 15.6 Å². The van der Waals surface area contributed by atoms with Crippen molar-refractivity contribution in [1.29, 1.82) is 0 Å². The average Bonchev–Trinajstić information content (AvgIpc) is 1.62. The molecular formula is C6H16CuN2O2. The smallest absolute Gasteiger partial charge is 0.300 e. The van der Waals surface area contributed by atoms with Crippen molar-refractivity contribution in [3.63, 3.8) is 0 Å². The zero-order chi connectivity index (χ0) is 8.57. The van der Waals surface area contributed by atoms with Crippen molar-refractivity contribution in [3.05, 3.63) is 0 Å². The van der Waals surface area contributed by atoms with E-state index in [1.54, 1.807) is 0 Å². The molecule has 3 N–H and O–H groups in total. The van der Waals surface area contributed by atoms with Gasteiger partial charge in [0.05, 0.1) is 0 Å². The molecule has 0 saturated heterocycles. The summed E-state index contributed by atoms with van der Waals surface area (Å²) in [6.07, 6.45) is 0. The Morgan fingerprint density at radius 2 is 1.82 bits per heavy atom. The summed E-state index contributed by atoms with van der Waals surface area (Å²) in [5.41, 5.74) is 5.19. The Morgan fingerprint density at radius 3 is 1.82 bits per heavy atom. The maximum Gasteiger partial charge on any atom is 0.300 e. The summed E-state index contributed by atoms with van der Waals surface area (Å²) < 4.78 is 0. The van der Waals surface area contributed by atoms with E-state index >= 15 is 0 Å². The van der Waals surface area contributed by atoms with Crippen LogP contribution in [0.25, 0.3) is 0 Å². The zero-order valence-electron chi connectivity index (χ0n) is 7.10. The first kappa shape index (κ1) is 17.1. The van der Waals surface area contributed by atoms with Crippen LogP contribution in [0, 0.1) is 0 Å². The molecule has 0 atom stereocenters. The minimum Gasteiger partial charge on any atom is -0.481 e. The van der Waals surface area contributed by atoms with E-state index in [2.05, 4.69) is 4.90 Å². The number of hydrogen-bond acceptors (Lipinski definition) is 3. The molecule has 0 fully saturated rings. The van der Waals surface area contributed by atoms with Crippen molar-refractivity contribution in [3.8, 4) is 0 Å². The monoisotopic (exact) mass is 211 g/mol. The van der Waals surface area contributed by atoms with Gasteiger partial charge in [0.2, 0.25) is 0 Å². The normalized spacial score (nSPS) is 7.73. The van der Waals surface area contributed by atoms with Crippen molar-refractivity contribution < 1.29 is 27.0 Å². The molecule has 73 valence electrons. The second-order valence-electron chi connectivity index (χ2n) is 2.11.